The molecule has 0 unspecified atom stereocenters. The maximum Gasteiger partial charge on any atom is 0.144 e. The Morgan fingerprint density at radius 3 is 2.71 bits per heavy atom. The molecule has 3 heterocycles. The van der Waals surface area contributed by atoms with Crippen LogP contribution in [-0.4, -0.2) is 14.4 Å². The molecule has 0 spiro atoms. The second-order valence-corrected chi connectivity index (χ2v) is 3.97. The van der Waals surface area contributed by atoms with Crippen LogP contribution in [-0.2, 0) is 0 Å². The highest BCUT2D eigenvalue weighted by Crippen LogP contribution is 2.23. The highest BCUT2D eigenvalue weighted by molar-refractivity contribution is 5.67. The summed E-state index contributed by atoms with van der Waals surface area (Å²) in [5.41, 5.74) is 9.60. The second kappa shape index (κ2) is 3.59. The van der Waals surface area contributed by atoms with E-state index in [4.69, 9.17) is 5.73 Å². The number of hydrogen-bond acceptors (Lipinski definition) is 3. The lowest BCUT2D eigenvalue weighted by molar-refractivity contribution is 1.15. The van der Waals surface area contributed by atoms with Crippen molar-refractivity contribution >= 4 is 11.2 Å². The van der Waals surface area contributed by atoms with Crippen LogP contribution in [0.25, 0.3) is 16.9 Å². The highest BCUT2D eigenvalue weighted by Gasteiger charge is 2.09. The first-order valence-electron chi connectivity index (χ1n) is 5.40. The first kappa shape index (κ1) is 9.84. The fourth-order valence-electron chi connectivity index (χ4n) is 1.95. The molecule has 0 aromatic carbocycles. The maximum absolute atomic E-state index is 5.79. The zero-order chi connectivity index (χ0) is 11.8. The molecule has 2 N–H and O–H groups in total. The number of nitrogen functional groups attached to an aromatic ring is 1. The van der Waals surface area contributed by atoms with E-state index in [1.807, 2.05) is 41.8 Å². The third-order valence-corrected chi connectivity index (χ3v) is 2.79. The normalized spacial score (nSPS) is 10.9. The van der Waals surface area contributed by atoms with E-state index in [1.54, 1.807) is 12.4 Å². The molecule has 4 heteroatoms. The predicted octanol–water partition coefficient (Wildman–Crippen LogP) is 2.29. The van der Waals surface area contributed by atoms with Crippen molar-refractivity contribution in [2.24, 2.45) is 0 Å². The molecule has 0 atom stereocenters. The van der Waals surface area contributed by atoms with Crippen LogP contribution in [0.15, 0.2) is 42.9 Å². The third-order valence-electron chi connectivity index (χ3n) is 2.79. The molecule has 0 bridgehead atoms. The van der Waals surface area contributed by atoms with Crippen LogP contribution < -0.4 is 5.73 Å². The fraction of sp³-hybridized carbons (Fsp3) is 0.0769. The number of fused-ring (bicyclic) bond motifs is 1. The Labute approximate surface area is 98.8 Å². The zero-order valence-electron chi connectivity index (χ0n) is 9.46. The number of nitrogens with zero attached hydrogens (tertiary/aromatic N) is 3. The summed E-state index contributed by atoms with van der Waals surface area (Å²) in [6, 6.07) is 7.71. The maximum atomic E-state index is 5.79. The van der Waals surface area contributed by atoms with Gasteiger partial charge in [0.15, 0.2) is 0 Å². The number of imidazole rings is 1. The zero-order valence-corrected chi connectivity index (χ0v) is 9.46. The molecule has 17 heavy (non-hydrogen) atoms. The molecular weight excluding hydrogens is 212 g/mol. The van der Waals surface area contributed by atoms with Gasteiger partial charge in [-0.1, -0.05) is 0 Å². The van der Waals surface area contributed by atoms with Crippen molar-refractivity contribution in [3.05, 3.63) is 48.5 Å². The summed E-state index contributed by atoms with van der Waals surface area (Å²) in [7, 11) is 0. The number of hydrogen-bond donors (Lipinski definition) is 1. The van der Waals surface area contributed by atoms with Crippen molar-refractivity contribution in [3.8, 4) is 11.4 Å². The third kappa shape index (κ3) is 1.54. The van der Waals surface area contributed by atoms with E-state index in [1.165, 1.54) is 0 Å². The molecule has 0 saturated carbocycles. The van der Waals surface area contributed by atoms with E-state index in [9.17, 15) is 0 Å². The Morgan fingerprint density at radius 2 is 1.94 bits per heavy atom. The summed E-state index contributed by atoms with van der Waals surface area (Å²) >= 11 is 0. The summed E-state index contributed by atoms with van der Waals surface area (Å²) in [5.74, 6) is 0.917. The van der Waals surface area contributed by atoms with E-state index in [-0.39, 0.29) is 0 Å². The lowest BCUT2D eigenvalue weighted by Crippen LogP contribution is -1.91. The van der Waals surface area contributed by atoms with Gasteiger partial charge in [0, 0.05) is 29.8 Å². The average Bonchev–Trinajstić information content (AvgIpc) is 2.68. The molecule has 0 aliphatic heterocycles. The fourth-order valence-corrected chi connectivity index (χ4v) is 1.95. The number of rotatable bonds is 1. The van der Waals surface area contributed by atoms with Crippen molar-refractivity contribution in [2.75, 3.05) is 5.73 Å². The Balaban J connectivity index is 2.32. The number of aromatic nitrogens is 3. The van der Waals surface area contributed by atoms with Crippen LogP contribution in [0.5, 0.6) is 0 Å². The Kier molecular flexibility index (Phi) is 2.08. The van der Waals surface area contributed by atoms with Crippen molar-refractivity contribution in [2.45, 2.75) is 6.92 Å². The molecule has 3 aromatic rings. The molecule has 0 aliphatic carbocycles. The van der Waals surface area contributed by atoms with Crippen LogP contribution in [0.1, 0.15) is 5.69 Å². The van der Waals surface area contributed by atoms with E-state index in [0.717, 1.165) is 28.3 Å². The van der Waals surface area contributed by atoms with Gasteiger partial charge in [-0.05, 0) is 31.2 Å². The van der Waals surface area contributed by atoms with Crippen molar-refractivity contribution in [1.29, 1.82) is 0 Å². The minimum Gasteiger partial charge on any atom is -0.399 e. The van der Waals surface area contributed by atoms with Crippen LogP contribution >= 0.6 is 0 Å². The highest BCUT2D eigenvalue weighted by atomic mass is 15.0. The number of aryl methyl sites for hydroxylation is 1. The van der Waals surface area contributed by atoms with Crippen molar-refractivity contribution < 1.29 is 0 Å². The largest absolute Gasteiger partial charge is 0.399 e. The van der Waals surface area contributed by atoms with Crippen molar-refractivity contribution in [1.82, 2.24) is 14.4 Å². The lowest BCUT2D eigenvalue weighted by atomic mass is 10.2. The van der Waals surface area contributed by atoms with Gasteiger partial charge in [0.2, 0.25) is 0 Å². The first-order valence-corrected chi connectivity index (χ1v) is 5.40. The monoisotopic (exact) mass is 224 g/mol. The summed E-state index contributed by atoms with van der Waals surface area (Å²) in [6.07, 6.45) is 5.48. The van der Waals surface area contributed by atoms with Crippen molar-refractivity contribution in [3.63, 3.8) is 0 Å². The number of pyridine rings is 2. The summed E-state index contributed by atoms with van der Waals surface area (Å²) < 4.78 is 2.04. The molecule has 0 aliphatic rings. The van der Waals surface area contributed by atoms with Gasteiger partial charge in [-0.25, -0.2) is 4.98 Å². The van der Waals surface area contributed by atoms with Gasteiger partial charge < -0.3 is 5.73 Å². The van der Waals surface area contributed by atoms with Crippen LogP contribution in [0, 0.1) is 6.92 Å². The number of nitrogens with two attached hydrogens (primary N) is 1. The van der Waals surface area contributed by atoms with Crippen LogP contribution in [0.4, 0.5) is 5.69 Å². The molecule has 4 nitrogen and oxygen atoms in total. The van der Waals surface area contributed by atoms with Gasteiger partial charge in [-0.2, -0.15) is 0 Å². The molecule has 0 radical (unpaired) electrons. The molecule has 3 aromatic heterocycles. The van der Waals surface area contributed by atoms with E-state index in [2.05, 4.69) is 9.97 Å². The summed E-state index contributed by atoms with van der Waals surface area (Å²) in [4.78, 5) is 8.60. The van der Waals surface area contributed by atoms with Gasteiger partial charge in [0.05, 0.1) is 11.2 Å². The standard InChI is InChI=1S/C13H12N4/c1-9-12-8-11(14)4-7-17(12)13(16-9)10-2-5-15-6-3-10/h2-8H,14H2,1H3. The Morgan fingerprint density at radius 1 is 1.18 bits per heavy atom. The Hall–Kier alpha value is -2.36. The Bertz CT molecular complexity index is 670. The van der Waals surface area contributed by atoms with Gasteiger partial charge in [0.25, 0.3) is 0 Å². The lowest BCUT2D eigenvalue weighted by Gasteiger charge is -2.01. The minimum atomic E-state index is 0.752. The molecule has 0 amide bonds. The quantitative estimate of drug-likeness (QED) is 0.690. The average molecular weight is 224 g/mol. The molecule has 3 rings (SSSR count). The van der Waals surface area contributed by atoms with Gasteiger partial charge >= 0.3 is 0 Å². The van der Waals surface area contributed by atoms with Crippen LogP contribution in [0.3, 0.4) is 0 Å². The summed E-state index contributed by atoms with van der Waals surface area (Å²) in [6.45, 7) is 1.99. The number of anilines is 1. The minimum absolute atomic E-state index is 0.752. The van der Waals surface area contributed by atoms with Crippen LogP contribution in [0.2, 0.25) is 0 Å². The van der Waals surface area contributed by atoms with Gasteiger partial charge in [0.1, 0.15) is 5.82 Å². The van der Waals surface area contributed by atoms with E-state index >= 15 is 0 Å². The predicted molar refractivity (Wildman–Crippen MR) is 67.6 cm³/mol. The smallest absolute Gasteiger partial charge is 0.144 e. The molecule has 84 valence electrons. The molecule has 0 saturated heterocycles. The van der Waals surface area contributed by atoms with E-state index < -0.39 is 0 Å². The molecular formula is C13H12N4. The SMILES string of the molecule is Cc1nc(-c2ccncc2)n2ccc(N)cc12. The second-order valence-electron chi connectivity index (χ2n) is 3.97. The van der Waals surface area contributed by atoms with E-state index in [0.29, 0.717) is 0 Å². The molecule has 0 fully saturated rings. The topological polar surface area (TPSA) is 56.2 Å². The summed E-state index contributed by atoms with van der Waals surface area (Å²) in [5, 5.41) is 0. The van der Waals surface area contributed by atoms with Gasteiger partial charge in [-0.15, -0.1) is 0 Å². The first-order chi connectivity index (χ1) is 8.25. The van der Waals surface area contributed by atoms with Gasteiger partial charge in [-0.3, -0.25) is 9.38 Å².